The van der Waals surface area contributed by atoms with E-state index in [1.54, 1.807) is 52.8 Å². The van der Waals surface area contributed by atoms with Gasteiger partial charge in [-0.05, 0) is 57.9 Å². The molecule has 0 spiro atoms. The smallest absolute Gasteiger partial charge is 0.410 e. The molecule has 4 aromatic rings. The Kier molecular flexibility index (Phi) is 10.8. The fraction of sp³-hybridized carbons (Fsp3) is 0.324. The van der Waals surface area contributed by atoms with Crippen molar-refractivity contribution in [2.75, 3.05) is 23.5 Å². The lowest BCUT2D eigenvalue weighted by Gasteiger charge is -2.37. The molecule has 5 rings (SSSR count). The summed E-state index contributed by atoms with van der Waals surface area (Å²) in [5.41, 5.74) is 7.00. The van der Waals surface area contributed by atoms with E-state index in [0.717, 1.165) is 16.0 Å². The number of likely N-dealkylation sites (tertiary alicyclic amines) is 1. The first kappa shape index (κ1) is 38.6. The van der Waals surface area contributed by atoms with Crippen LogP contribution in [0.5, 0.6) is 11.6 Å². The van der Waals surface area contributed by atoms with Crippen molar-refractivity contribution in [1.29, 1.82) is 0 Å². The van der Waals surface area contributed by atoms with E-state index in [1.807, 2.05) is 0 Å². The Balaban J connectivity index is 1.52. The van der Waals surface area contributed by atoms with Gasteiger partial charge in [0.1, 0.15) is 17.5 Å². The van der Waals surface area contributed by atoms with Crippen LogP contribution in [0.2, 0.25) is 0 Å². The minimum Gasteiger partial charge on any atom is -0.472 e. The van der Waals surface area contributed by atoms with E-state index in [-0.39, 0.29) is 30.4 Å². The second kappa shape index (κ2) is 14.8. The Hall–Kier alpha value is -5.59. The first-order chi connectivity index (χ1) is 24.7. The minimum absolute atomic E-state index is 0.0674. The largest absolute Gasteiger partial charge is 0.472 e. The molecule has 13 nitrogen and oxygen atoms in total. The third kappa shape index (κ3) is 8.73. The van der Waals surface area contributed by atoms with Gasteiger partial charge in [0.05, 0.1) is 18.2 Å². The lowest BCUT2D eigenvalue weighted by atomic mass is 9.96. The Labute approximate surface area is 300 Å². The number of hydrogen-bond acceptors (Lipinski definition) is 11. The normalized spacial score (nSPS) is 16.2. The molecule has 282 valence electrons. The number of carbonyl (C=O) groups is 2. The maximum atomic E-state index is 14.4. The molecular formula is C34H33F5N6O7S. The first-order valence-electron chi connectivity index (χ1n) is 15.8. The van der Waals surface area contributed by atoms with Crippen LogP contribution in [0.3, 0.4) is 0 Å². The molecular weight excluding hydrogens is 731 g/mol. The van der Waals surface area contributed by atoms with E-state index in [0.29, 0.717) is 5.56 Å². The van der Waals surface area contributed by atoms with Gasteiger partial charge in [-0.25, -0.2) is 32.7 Å². The predicted octanol–water partition coefficient (Wildman–Crippen LogP) is 5.84. The number of amides is 1. The zero-order valence-electron chi connectivity index (χ0n) is 28.8. The SMILES string of the molecule is Cc1cccc(C)c1-c1cc(OC2CC(C(=O)Oc3c(F)c(F)c(F)c(F)c3F)CN(C(=O)OC(C)(C)C)C2)nc(NS(=O)(=O)c2cccc(N)n2)n1. The molecule has 2 aromatic heterocycles. The molecule has 2 aromatic carbocycles. The van der Waals surface area contributed by atoms with Crippen molar-refractivity contribution in [1.82, 2.24) is 19.9 Å². The summed E-state index contributed by atoms with van der Waals surface area (Å²) < 4.78 is 115. The number of hydrogen-bond donors (Lipinski definition) is 2. The lowest BCUT2D eigenvalue weighted by molar-refractivity contribution is -0.142. The molecule has 1 aliphatic heterocycles. The number of nitrogens with zero attached hydrogens (tertiary/aromatic N) is 4. The molecule has 3 heterocycles. The van der Waals surface area contributed by atoms with Gasteiger partial charge < -0.3 is 24.8 Å². The second-order valence-electron chi connectivity index (χ2n) is 13.1. The summed E-state index contributed by atoms with van der Waals surface area (Å²) in [4.78, 5) is 39.9. The van der Waals surface area contributed by atoms with Crippen LogP contribution in [-0.2, 0) is 19.6 Å². The molecule has 0 saturated carbocycles. The van der Waals surface area contributed by atoms with Crippen LogP contribution in [0.4, 0.5) is 38.5 Å². The Morgan fingerprint density at radius 1 is 0.887 bits per heavy atom. The lowest BCUT2D eigenvalue weighted by Crippen LogP contribution is -2.52. The van der Waals surface area contributed by atoms with Gasteiger partial charge in [0.25, 0.3) is 10.0 Å². The average molecular weight is 765 g/mol. The summed E-state index contributed by atoms with van der Waals surface area (Å²) >= 11 is 0. The first-order valence-corrected chi connectivity index (χ1v) is 17.3. The maximum Gasteiger partial charge on any atom is 0.410 e. The van der Waals surface area contributed by atoms with Crippen molar-refractivity contribution in [3.63, 3.8) is 0 Å². The summed E-state index contributed by atoms with van der Waals surface area (Å²) in [5, 5.41) is -0.434. The van der Waals surface area contributed by atoms with Crippen LogP contribution < -0.4 is 19.9 Å². The summed E-state index contributed by atoms with van der Waals surface area (Å²) in [6.45, 7) is 7.62. The predicted molar refractivity (Wildman–Crippen MR) is 179 cm³/mol. The summed E-state index contributed by atoms with van der Waals surface area (Å²) in [6, 6.07) is 10.8. The number of nitrogen functional groups attached to an aromatic ring is 1. The van der Waals surface area contributed by atoms with Gasteiger partial charge in [-0.3, -0.25) is 4.79 Å². The van der Waals surface area contributed by atoms with Gasteiger partial charge in [0.15, 0.2) is 5.03 Å². The molecule has 1 fully saturated rings. The molecule has 53 heavy (non-hydrogen) atoms. The number of rotatable bonds is 8. The molecule has 3 N–H and O–H groups in total. The van der Waals surface area contributed by atoms with Crippen molar-refractivity contribution in [3.05, 3.63) is 82.7 Å². The monoisotopic (exact) mass is 764 g/mol. The zero-order chi connectivity index (χ0) is 39.0. The highest BCUT2D eigenvalue weighted by molar-refractivity contribution is 7.92. The van der Waals surface area contributed by atoms with Gasteiger partial charge in [-0.2, -0.15) is 22.2 Å². The fourth-order valence-electron chi connectivity index (χ4n) is 5.44. The molecule has 2 unspecified atom stereocenters. The third-order valence-corrected chi connectivity index (χ3v) is 8.97. The summed E-state index contributed by atoms with van der Waals surface area (Å²) in [5.74, 6) is -17.3. The molecule has 1 saturated heterocycles. The second-order valence-corrected chi connectivity index (χ2v) is 14.7. The van der Waals surface area contributed by atoms with Crippen molar-refractivity contribution >= 4 is 33.9 Å². The van der Waals surface area contributed by atoms with Gasteiger partial charge in [-0.1, -0.05) is 24.3 Å². The molecule has 0 radical (unpaired) electrons. The van der Waals surface area contributed by atoms with Crippen molar-refractivity contribution in [2.24, 2.45) is 5.92 Å². The van der Waals surface area contributed by atoms with Crippen LogP contribution in [0.1, 0.15) is 38.3 Å². The van der Waals surface area contributed by atoms with E-state index in [2.05, 4.69) is 19.7 Å². The standard InChI is InChI=1S/C34H33F5N6O7S/c1-16-8-6-9-17(2)24(16)20-13-22(43-32(41-20)44-53(48,49)23-11-7-10-21(40)42-23)50-19-12-18(14-45(15-19)33(47)52-34(3,4)5)31(46)51-30-28(38)26(36)25(35)27(37)29(30)39/h6-11,13,18-19H,12,14-15H2,1-5H3,(H2,40,42)(H,41,43,44). The number of carbonyl (C=O) groups excluding carboxylic acids is 2. The number of sulfonamides is 1. The highest BCUT2D eigenvalue weighted by Crippen LogP contribution is 2.33. The van der Waals surface area contributed by atoms with E-state index >= 15 is 0 Å². The van der Waals surface area contributed by atoms with Gasteiger partial charge in [-0.15, -0.1) is 0 Å². The average Bonchev–Trinajstić information content (AvgIpc) is 3.07. The van der Waals surface area contributed by atoms with Crippen LogP contribution in [0.25, 0.3) is 11.3 Å². The molecule has 1 aliphatic rings. The fourth-order valence-corrected chi connectivity index (χ4v) is 6.36. The van der Waals surface area contributed by atoms with Gasteiger partial charge in [0, 0.05) is 24.6 Å². The molecule has 19 heteroatoms. The van der Waals surface area contributed by atoms with E-state index < -0.39 is 92.1 Å². The number of nitrogens with one attached hydrogen (secondary N) is 1. The quantitative estimate of drug-likeness (QED) is 0.0725. The van der Waals surface area contributed by atoms with Crippen LogP contribution in [0.15, 0.2) is 47.5 Å². The molecule has 0 bridgehead atoms. The Morgan fingerprint density at radius 2 is 1.49 bits per heavy atom. The Morgan fingerprint density at radius 3 is 2.09 bits per heavy atom. The van der Waals surface area contributed by atoms with E-state index in [1.165, 1.54) is 24.3 Å². The summed E-state index contributed by atoms with van der Waals surface area (Å²) in [7, 11) is -4.40. The number of aryl methyl sites for hydroxylation is 2. The van der Waals surface area contributed by atoms with Crippen LogP contribution in [0, 0.1) is 48.9 Å². The highest BCUT2D eigenvalue weighted by atomic mass is 32.2. The van der Waals surface area contributed by atoms with Gasteiger partial charge >= 0.3 is 12.1 Å². The molecule has 2 atom stereocenters. The zero-order valence-corrected chi connectivity index (χ0v) is 29.7. The van der Waals surface area contributed by atoms with Gasteiger partial charge in [0.2, 0.25) is 46.7 Å². The topological polar surface area (TPSA) is 176 Å². The minimum atomic E-state index is -4.40. The number of nitrogens with two attached hydrogens (primary N) is 1. The number of aromatic nitrogens is 3. The van der Waals surface area contributed by atoms with Crippen LogP contribution in [-0.4, -0.2) is 65.1 Å². The number of halogens is 5. The number of esters is 1. The van der Waals surface area contributed by atoms with E-state index in [4.69, 9.17) is 19.9 Å². The number of anilines is 2. The third-order valence-electron chi connectivity index (χ3n) is 7.74. The number of benzene rings is 2. The molecule has 1 amide bonds. The van der Waals surface area contributed by atoms with E-state index in [9.17, 15) is 40.0 Å². The maximum absolute atomic E-state index is 14.4. The number of pyridine rings is 1. The number of piperidine rings is 1. The van der Waals surface area contributed by atoms with Crippen molar-refractivity contribution in [3.8, 4) is 22.9 Å². The van der Waals surface area contributed by atoms with Crippen molar-refractivity contribution < 1.29 is 54.2 Å². The van der Waals surface area contributed by atoms with Crippen molar-refractivity contribution in [2.45, 2.75) is 57.8 Å². The summed E-state index contributed by atoms with van der Waals surface area (Å²) in [6.07, 6.45) is -2.42. The highest BCUT2D eigenvalue weighted by Gasteiger charge is 2.39. The van der Waals surface area contributed by atoms with Crippen LogP contribution >= 0.6 is 0 Å². The number of ether oxygens (including phenoxy) is 3. The molecule has 0 aliphatic carbocycles. The Bertz CT molecular complexity index is 2150.